The maximum atomic E-state index is 4.29. The molecule has 0 aliphatic heterocycles. The summed E-state index contributed by atoms with van der Waals surface area (Å²) in [4.78, 5) is 0. The Morgan fingerprint density at radius 2 is 0.923 bits per heavy atom. The Morgan fingerprint density at radius 1 is 0.538 bits per heavy atom. The summed E-state index contributed by atoms with van der Waals surface area (Å²) in [5, 5.41) is 17.0. The van der Waals surface area contributed by atoms with Crippen LogP contribution < -0.4 is 0 Å². The topological polar surface area (TPSA) is 49.4 Å². The predicted molar refractivity (Wildman–Crippen MR) is 106 cm³/mol. The molecule has 0 N–H and O–H groups in total. The van der Waals surface area contributed by atoms with E-state index in [0.717, 1.165) is 29.2 Å². The van der Waals surface area contributed by atoms with Gasteiger partial charge in [0, 0.05) is 0 Å². The molecule has 0 heterocycles. The SMILES string of the molecule is CC(C)Cc1ccc(N=Nc2ccc(N=Nc3ccccc3)cc2)cc1. The molecule has 130 valence electrons. The van der Waals surface area contributed by atoms with Crippen LogP contribution in [0.5, 0.6) is 0 Å². The fourth-order valence-corrected chi connectivity index (χ4v) is 2.48. The fraction of sp³-hybridized carbons (Fsp3) is 0.182. The minimum absolute atomic E-state index is 0.653. The summed E-state index contributed by atoms with van der Waals surface area (Å²) in [5.41, 5.74) is 4.58. The lowest BCUT2D eigenvalue weighted by Gasteiger charge is -2.04. The first-order valence-electron chi connectivity index (χ1n) is 8.76. The van der Waals surface area contributed by atoms with Crippen molar-refractivity contribution >= 4 is 22.7 Å². The van der Waals surface area contributed by atoms with Crippen LogP contribution in [0.15, 0.2) is 99.3 Å². The van der Waals surface area contributed by atoms with E-state index in [-0.39, 0.29) is 0 Å². The van der Waals surface area contributed by atoms with Crippen molar-refractivity contribution in [1.82, 2.24) is 0 Å². The van der Waals surface area contributed by atoms with Crippen LogP contribution in [-0.4, -0.2) is 0 Å². The Morgan fingerprint density at radius 3 is 1.35 bits per heavy atom. The number of hydrogen-bond acceptors (Lipinski definition) is 4. The number of azo groups is 2. The third-order valence-corrected chi connectivity index (χ3v) is 3.75. The van der Waals surface area contributed by atoms with Crippen LogP contribution in [-0.2, 0) is 6.42 Å². The van der Waals surface area contributed by atoms with Gasteiger partial charge >= 0.3 is 0 Å². The molecule has 0 spiro atoms. The molecule has 3 aromatic rings. The van der Waals surface area contributed by atoms with Crippen LogP contribution in [0.25, 0.3) is 0 Å². The van der Waals surface area contributed by atoms with Crippen LogP contribution in [0, 0.1) is 5.92 Å². The predicted octanol–water partition coefficient (Wildman–Crippen LogP) is 7.72. The number of benzene rings is 3. The van der Waals surface area contributed by atoms with E-state index in [0.29, 0.717) is 5.92 Å². The van der Waals surface area contributed by atoms with Gasteiger partial charge in [0.1, 0.15) is 0 Å². The average molecular weight is 342 g/mol. The number of rotatable bonds is 6. The van der Waals surface area contributed by atoms with E-state index in [9.17, 15) is 0 Å². The fourth-order valence-electron chi connectivity index (χ4n) is 2.48. The van der Waals surface area contributed by atoms with Crippen molar-refractivity contribution in [2.75, 3.05) is 0 Å². The van der Waals surface area contributed by atoms with Crippen molar-refractivity contribution < 1.29 is 0 Å². The molecule has 3 aromatic carbocycles. The lowest BCUT2D eigenvalue weighted by Crippen LogP contribution is -1.92. The molecule has 0 saturated heterocycles. The zero-order valence-corrected chi connectivity index (χ0v) is 15.1. The third-order valence-electron chi connectivity index (χ3n) is 3.75. The largest absolute Gasteiger partial charge is 0.151 e. The summed E-state index contributed by atoms with van der Waals surface area (Å²) in [5.74, 6) is 0.653. The van der Waals surface area contributed by atoms with E-state index < -0.39 is 0 Å². The highest BCUT2D eigenvalue weighted by Crippen LogP contribution is 2.23. The highest BCUT2D eigenvalue weighted by molar-refractivity contribution is 5.48. The van der Waals surface area contributed by atoms with Gasteiger partial charge in [-0.1, -0.05) is 44.2 Å². The molecule has 0 amide bonds. The molecule has 0 unspecified atom stereocenters. The van der Waals surface area contributed by atoms with E-state index in [1.807, 2.05) is 66.7 Å². The van der Waals surface area contributed by atoms with Crippen molar-refractivity contribution in [2.24, 2.45) is 26.4 Å². The first-order valence-corrected chi connectivity index (χ1v) is 8.76. The van der Waals surface area contributed by atoms with Crippen LogP contribution in [0.3, 0.4) is 0 Å². The molecule has 0 aliphatic carbocycles. The summed E-state index contributed by atoms with van der Waals surface area (Å²) in [6, 6.07) is 25.4. The quantitative estimate of drug-likeness (QED) is 0.412. The molecule has 0 atom stereocenters. The van der Waals surface area contributed by atoms with E-state index in [1.165, 1.54) is 5.56 Å². The molecule has 3 rings (SSSR count). The van der Waals surface area contributed by atoms with Gasteiger partial charge in [-0.05, 0) is 66.4 Å². The summed E-state index contributed by atoms with van der Waals surface area (Å²) in [7, 11) is 0. The van der Waals surface area contributed by atoms with E-state index >= 15 is 0 Å². The normalized spacial score (nSPS) is 11.7. The zero-order chi connectivity index (χ0) is 18.2. The lowest BCUT2D eigenvalue weighted by atomic mass is 10.0. The molecule has 0 aliphatic rings. The Hall–Kier alpha value is -3.14. The first-order chi connectivity index (χ1) is 12.7. The van der Waals surface area contributed by atoms with Crippen LogP contribution in [0.2, 0.25) is 0 Å². The van der Waals surface area contributed by atoms with Crippen molar-refractivity contribution in [1.29, 1.82) is 0 Å². The monoisotopic (exact) mass is 342 g/mol. The van der Waals surface area contributed by atoms with E-state index in [4.69, 9.17) is 0 Å². The highest BCUT2D eigenvalue weighted by Gasteiger charge is 1.98. The Balaban J connectivity index is 1.61. The van der Waals surface area contributed by atoms with E-state index in [2.05, 4.69) is 46.4 Å². The first kappa shape index (κ1) is 17.7. The van der Waals surface area contributed by atoms with Gasteiger partial charge in [-0.15, -0.1) is 0 Å². The van der Waals surface area contributed by atoms with Crippen molar-refractivity contribution in [3.05, 3.63) is 84.4 Å². The second-order valence-corrected chi connectivity index (χ2v) is 6.52. The molecule has 0 saturated carbocycles. The molecular weight excluding hydrogens is 320 g/mol. The molecule has 0 fully saturated rings. The van der Waals surface area contributed by atoms with Crippen LogP contribution in [0.4, 0.5) is 22.7 Å². The van der Waals surface area contributed by atoms with Gasteiger partial charge in [0.05, 0.1) is 22.7 Å². The van der Waals surface area contributed by atoms with Gasteiger partial charge in [0.2, 0.25) is 0 Å². The number of hydrogen-bond donors (Lipinski definition) is 0. The van der Waals surface area contributed by atoms with E-state index in [1.54, 1.807) is 0 Å². The molecule has 0 bridgehead atoms. The van der Waals surface area contributed by atoms with Crippen LogP contribution >= 0.6 is 0 Å². The Kier molecular flexibility index (Phi) is 5.99. The second kappa shape index (κ2) is 8.81. The van der Waals surface area contributed by atoms with Crippen molar-refractivity contribution in [2.45, 2.75) is 20.3 Å². The van der Waals surface area contributed by atoms with Gasteiger partial charge in [0.15, 0.2) is 0 Å². The smallest absolute Gasteiger partial charge is 0.0858 e. The summed E-state index contributed by atoms with van der Waals surface area (Å²) >= 11 is 0. The van der Waals surface area contributed by atoms with Crippen LogP contribution in [0.1, 0.15) is 19.4 Å². The Labute approximate surface area is 154 Å². The average Bonchev–Trinajstić information content (AvgIpc) is 2.67. The lowest BCUT2D eigenvalue weighted by molar-refractivity contribution is 0.647. The standard InChI is InChI=1S/C22H22N4/c1-17(2)16-18-8-10-20(11-9-18)24-26-22-14-12-21(13-15-22)25-23-19-6-4-3-5-7-19/h3-15,17H,16H2,1-2H3. The minimum atomic E-state index is 0.653. The van der Waals surface area contributed by atoms with Gasteiger partial charge in [-0.25, -0.2) is 0 Å². The molecular formula is C22H22N4. The molecule has 0 radical (unpaired) electrons. The second-order valence-electron chi connectivity index (χ2n) is 6.52. The van der Waals surface area contributed by atoms with Gasteiger partial charge in [-0.2, -0.15) is 20.5 Å². The summed E-state index contributed by atoms with van der Waals surface area (Å²) < 4.78 is 0. The number of nitrogens with zero attached hydrogens (tertiary/aromatic N) is 4. The summed E-state index contributed by atoms with van der Waals surface area (Å²) in [6.07, 6.45) is 1.08. The van der Waals surface area contributed by atoms with Crippen molar-refractivity contribution in [3.8, 4) is 0 Å². The maximum absolute atomic E-state index is 4.29. The summed E-state index contributed by atoms with van der Waals surface area (Å²) in [6.45, 7) is 4.44. The Bertz CT molecular complexity index is 864. The molecule has 26 heavy (non-hydrogen) atoms. The van der Waals surface area contributed by atoms with Crippen molar-refractivity contribution in [3.63, 3.8) is 0 Å². The maximum Gasteiger partial charge on any atom is 0.0858 e. The van der Waals surface area contributed by atoms with Gasteiger partial charge < -0.3 is 0 Å². The molecule has 4 heteroatoms. The van der Waals surface area contributed by atoms with Gasteiger partial charge in [-0.3, -0.25) is 0 Å². The highest BCUT2D eigenvalue weighted by atomic mass is 15.1. The third kappa shape index (κ3) is 5.45. The van der Waals surface area contributed by atoms with Gasteiger partial charge in [0.25, 0.3) is 0 Å². The minimum Gasteiger partial charge on any atom is -0.151 e. The molecule has 0 aromatic heterocycles. The zero-order valence-electron chi connectivity index (χ0n) is 15.1. The molecule has 4 nitrogen and oxygen atoms in total.